The third-order valence-corrected chi connectivity index (χ3v) is 1.89. The normalized spacial score (nSPS) is 9.43. The predicted molar refractivity (Wildman–Crippen MR) is 56.0 cm³/mol. The number of nitrogens with zero attached hydrogens (tertiary/aromatic N) is 1. The van der Waals surface area contributed by atoms with Crippen LogP contribution in [0.25, 0.3) is 0 Å². The van der Waals surface area contributed by atoms with E-state index in [-0.39, 0.29) is 0 Å². The van der Waals surface area contributed by atoms with Gasteiger partial charge in [-0.15, -0.1) is 0 Å². The van der Waals surface area contributed by atoms with E-state index in [1.54, 1.807) is 18.2 Å². The first kappa shape index (κ1) is 10.4. The zero-order chi connectivity index (χ0) is 10.4. The van der Waals surface area contributed by atoms with Crippen LogP contribution in [0.5, 0.6) is 5.75 Å². The number of benzene rings is 1. The molecule has 1 aromatic rings. The van der Waals surface area contributed by atoms with E-state index >= 15 is 0 Å². The summed E-state index contributed by atoms with van der Waals surface area (Å²) < 4.78 is 5.44. The molecule has 3 nitrogen and oxygen atoms in total. The van der Waals surface area contributed by atoms with Gasteiger partial charge < -0.3 is 10.5 Å². The number of anilines is 1. The van der Waals surface area contributed by atoms with Gasteiger partial charge in [0.2, 0.25) is 0 Å². The number of ether oxygens (including phenoxy) is 1. The maximum atomic E-state index is 8.62. The Bertz CT molecular complexity index is 342. The second-order valence-corrected chi connectivity index (χ2v) is 3.07. The molecule has 0 aromatic heterocycles. The maximum Gasteiger partial charge on any atom is 0.142 e. The lowest BCUT2D eigenvalue weighted by atomic mass is 10.2. The average Bonchev–Trinajstić information content (AvgIpc) is 2.20. The highest BCUT2D eigenvalue weighted by Crippen LogP contribution is 2.22. The fourth-order valence-corrected chi connectivity index (χ4v) is 1.08. The minimum atomic E-state index is 0.528. The van der Waals surface area contributed by atoms with Crippen molar-refractivity contribution < 1.29 is 4.74 Å². The van der Waals surface area contributed by atoms with Crippen molar-refractivity contribution in [2.45, 2.75) is 19.8 Å². The van der Waals surface area contributed by atoms with Gasteiger partial charge in [-0.25, -0.2) is 0 Å². The lowest BCUT2D eigenvalue weighted by Gasteiger charge is -2.07. The molecule has 0 unspecified atom stereocenters. The van der Waals surface area contributed by atoms with E-state index in [0.717, 1.165) is 12.8 Å². The van der Waals surface area contributed by atoms with E-state index in [2.05, 4.69) is 6.92 Å². The zero-order valence-electron chi connectivity index (χ0n) is 8.29. The molecule has 14 heavy (non-hydrogen) atoms. The molecule has 0 radical (unpaired) electrons. The van der Waals surface area contributed by atoms with Crippen molar-refractivity contribution in [2.24, 2.45) is 0 Å². The molecule has 0 aliphatic heterocycles. The van der Waals surface area contributed by atoms with Gasteiger partial charge in [0.15, 0.2) is 0 Å². The summed E-state index contributed by atoms with van der Waals surface area (Å²) in [5.41, 5.74) is 6.79. The molecule has 0 heterocycles. The maximum absolute atomic E-state index is 8.62. The predicted octanol–water partition coefficient (Wildman–Crippen LogP) is 2.32. The molecule has 0 spiro atoms. The molecule has 3 heteroatoms. The first-order valence-electron chi connectivity index (χ1n) is 4.70. The highest BCUT2D eigenvalue weighted by atomic mass is 16.5. The van der Waals surface area contributed by atoms with Crippen LogP contribution in [0.4, 0.5) is 5.69 Å². The van der Waals surface area contributed by atoms with Crippen molar-refractivity contribution in [2.75, 3.05) is 12.3 Å². The van der Waals surface area contributed by atoms with Gasteiger partial charge in [-0.05, 0) is 24.6 Å². The van der Waals surface area contributed by atoms with Crippen LogP contribution in [0.3, 0.4) is 0 Å². The molecule has 0 aliphatic rings. The SMILES string of the molecule is CCCCOc1ccc(C#N)cc1N. The van der Waals surface area contributed by atoms with Gasteiger partial charge in [-0.3, -0.25) is 0 Å². The van der Waals surface area contributed by atoms with Crippen LogP contribution in [-0.2, 0) is 0 Å². The summed E-state index contributed by atoms with van der Waals surface area (Å²) in [6.45, 7) is 2.78. The second-order valence-electron chi connectivity index (χ2n) is 3.07. The molecule has 0 bridgehead atoms. The highest BCUT2D eigenvalue weighted by molar-refractivity contribution is 5.56. The Morgan fingerprint density at radius 3 is 2.86 bits per heavy atom. The Morgan fingerprint density at radius 1 is 1.50 bits per heavy atom. The van der Waals surface area contributed by atoms with Crippen LogP contribution in [0, 0.1) is 11.3 Å². The molecular formula is C11H14N2O. The molecule has 0 saturated heterocycles. The van der Waals surface area contributed by atoms with E-state index in [0.29, 0.717) is 23.6 Å². The van der Waals surface area contributed by atoms with E-state index < -0.39 is 0 Å². The van der Waals surface area contributed by atoms with Crippen LogP contribution in [0.15, 0.2) is 18.2 Å². The van der Waals surface area contributed by atoms with Crippen molar-refractivity contribution in [1.82, 2.24) is 0 Å². The second kappa shape index (κ2) is 5.13. The molecule has 1 rings (SSSR count). The van der Waals surface area contributed by atoms with Crippen molar-refractivity contribution in [3.05, 3.63) is 23.8 Å². The summed E-state index contributed by atoms with van der Waals surface area (Å²) in [4.78, 5) is 0. The van der Waals surface area contributed by atoms with Gasteiger partial charge >= 0.3 is 0 Å². The van der Waals surface area contributed by atoms with Crippen molar-refractivity contribution in [3.8, 4) is 11.8 Å². The molecule has 2 N–H and O–H groups in total. The van der Waals surface area contributed by atoms with Gasteiger partial charge in [0.1, 0.15) is 5.75 Å². The summed E-state index contributed by atoms with van der Waals surface area (Å²) in [7, 11) is 0. The molecule has 0 fully saturated rings. The number of nitrogens with two attached hydrogens (primary N) is 1. The number of nitriles is 1. The first-order chi connectivity index (χ1) is 6.77. The Labute approximate surface area is 84.1 Å². The Balaban J connectivity index is 2.65. The van der Waals surface area contributed by atoms with Gasteiger partial charge in [0.25, 0.3) is 0 Å². The lowest BCUT2D eigenvalue weighted by Crippen LogP contribution is -2.00. The minimum absolute atomic E-state index is 0.528. The molecular weight excluding hydrogens is 176 g/mol. The average molecular weight is 190 g/mol. The van der Waals surface area contributed by atoms with Crippen LogP contribution >= 0.6 is 0 Å². The number of unbranched alkanes of at least 4 members (excludes halogenated alkanes) is 1. The van der Waals surface area contributed by atoms with E-state index in [1.165, 1.54) is 0 Å². The van der Waals surface area contributed by atoms with Gasteiger partial charge in [0, 0.05) is 0 Å². The standard InChI is InChI=1S/C11H14N2O/c1-2-3-6-14-11-5-4-9(8-12)7-10(11)13/h4-5,7H,2-3,6,13H2,1H3. The van der Waals surface area contributed by atoms with E-state index in [4.69, 9.17) is 15.7 Å². The van der Waals surface area contributed by atoms with E-state index in [1.807, 2.05) is 6.07 Å². The van der Waals surface area contributed by atoms with Gasteiger partial charge in [0.05, 0.1) is 23.9 Å². The quantitative estimate of drug-likeness (QED) is 0.585. The van der Waals surface area contributed by atoms with Crippen LogP contribution in [-0.4, -0.2) is 6.61 Å². The van der Waals surface area contributed by atoms with Gasteiger partial charge in [-0.2, -0.15) is 5.26 Å². The molecule has 0 amide bonds. The van der Waals surface area contributed by atoms with Gasteiger partial charge in [-0.1, -0.05) is 13.3 Å². The van der Waals surface area contributed by atoms with E-state index in [9.17, 15) is 0 Å². The highest BCUT2D eigenvalue weighted by Gasteiger charge is 2.00. The summed E-state index contributed by atoms with van der Waals surface area (Å²) >= 11 is 0. The molecule has 1 aromatic carbocycles. The fourth-order valence-electron chi connectivity index (χ4n) is 1.08. The van der Waals surface area contributed by atoms with Crippen LogP contribution in [0.1, 0.15) is 25.3 Å². The first-order valence-corrected chi connectivity index (χ1v) is 4.70. The Kier molecular flexibility index (Phi) is 3.81. The number of rotatable bonds is 4. The Morgan fingerprint density at radius 2 is 2.29 bits per heavy atom. The monoisotopic (exact) mass is 190 g/mol. The zero-order valence-corrected chi connectivity index (χ0v) is 8.29. The van der Waals surface area contributed by atoms with Crippen molar-refractivity contribution >= 4 is 5.69 Å². The third kappa shape index (κ3) is 2.67. The molecule has 74 valence electrons. The number of hydrogen-bond acceptors (Lipinski definition) is 3. The summed E-state index contributed by atoms with van der Waals surface area (Å²) in [5.74, 6) is 0.664. The third-order valence-electron chi connectivity index (χ3n) is 1.89. The summed E-state index contributed by atoms with van der Waals surface area (Å²) in [6, 6.07) is 7.10. The fraction of sp³-hybridized carbons (Fsp3) is 0.364. The van der Waals surface area contributed by atoms with Crippen molar-refractivity contribution in [3.63, 3.8) is 0 Å². The lowest BCUT2D eigenvalue weighted by molar-refractivity contribution is 0.311. The number of nitrogen functional groups attached to an aromatic ring is 1. The minimum Gasteiger partial charge on any atom is -0.491 e. The Hall–Kier alpha value is -1.69. The molecule has 0 atom stereocenters. The summed E-state index contributed by atoms with van der Waals surface area (Å²) in [5, 5.41) is 8.62. The van der Waals surface area contributed by atoms with Crippen LogP contribution in [0.2, 0.25) is 0 Å². The van der Waals surface area contributed by atoms with Crippen molar-refractivity contribution in [1.29, 1.82) is 5.26 Å². The molecule has 0 aliphatic carbocycles. The molecule has 0 saturated carbocycles. The number of hydrogen-bond donors (Lipinski definition) is 1. The smallest absolute Gasteiger partial charge is 0.142 e. The topological polar surface area (TPSA) is 59.0 Å². The largest absolute Gasteiger partial charge is 0.491 e. The van der Waals surface area contributed by atoms with Crippen LogP contribution < -0.4 is 10.5 Å². The summed E-state index contributed by atoms with van der Waals surface area (Å²) in [6.07, 6.45) is 2.11.